The lowest BCUT2D eigenvalue weighted by Gasteiger charge is -2.17. The van der Waals surface area contributed by atoms with E-state index in [0.29, 0.717) is 13.0 Å². The van der Waals surface area contributed by atoms with Gasteiger partial charge in [-0.15, -0.1) is 0 Å². The molecular weight excluding hydrogens is 214 g/mol. The number of nitrogens with two attached hydrogens (primary N) is 1. The van der Waals surface area contributed by atoms with E-state index in [1.54, 1.807) is 0 Å². The predicted molar refractivity (Wildman–Crippen MR) is 72.2 cm³/mol. The van der Waals surface area contributed by atoms with E-state index in [9.17, 15) is 4.79 Å². The highest BCUT2D eigenvalue weighted by Gasteiger charge is 2.07. The first-order chi connectivity index (χ1) is 8.08. The van der Waals surface area contributed by atoms with E-state index in [2.05, 4.69) is 10.6 Å². The molecule has 4 N–H and O–H groups in total. The standard InChI is InChI=1S/C13H21N3O/c1-4-13(17)16-12-7-5-6-11(10(12)3)15-9(2)8-14/h5-7,9,15H,4,8,14H2,1-3H3,(H,16,17). The normalized spacial score (nSPS) is 12.0. The Bertz CT molecular complexity index is 390. The molecule has 1 aromatic carbocycles. The van der Waals surface area contributed by atoms with Crippen molar-refractivity contribution in [3.63, 3.8) is 0 Å². The lowest BCUT2D eigenvalue weighted by atomic mass is 10.1. The van der Waals surface area contributed by atoms with Gasteiger partial charge < -0.3 is 16.4 Å². The fourth-order valence-corrected chi connectivity index (χ4v) is 1.49. The van der Waals surface area contributed by atoms with Gasteiger partial charge in [-0.05, 0) is 31.5 Å². The van der Waals surface area contributed by atoms with Crippen LogP contribution in [0.2, 0.25) is 0 Å². The molecular formula is C13H21N3O. The van der Waals surface area contributed by atoms with Crippen LogP contribution in [0.4, 0.5) is 11.4 Å². The molecule has 94 valence electrons. The second kappa shape index (κ2) is 6.25. The number of carbonyl (C=O) groups is 1. The molecule has 0 aliphatic heterocycles. The van der Waals surface area contributed by atoms with Crippen LogP contribution < -0.4 is 16.4 Å². The summed E-state index contributed by atoms with van der Waals surface area (Å²) in [4.78, 5) is 11.4. The molecule has 1 unspecified atom stereocenters. The molecule has 1 rings (SSSR count). The summed E-state index contributed by atoms with van der Waals surface area (Å²) in [6.45, 7) is 6.42. The van der Waals surface area contributed by atoms with E-state index in [-0.39, 0.29) is 11.9 Å². The van der Waals surface area contributed by atoms with Gasteiger partial charge in [-0.3, -0.25) is 4.79 Å². The zero-order chi connectivity index (χ0) is 12.8. The second-order valence-corrected chi connectivity index (χ2v) is 4.16. The zero-order valence-electron chi connectivity index (χ0n) is 10.7. The molecule has 1 atom stereocenters. The molecule has 4 heteroatoms. The van der Waals surface area contributed by atoms with Gasteiger partial charge >= 0.3 is 0 Å². The SMILES string of the molecule is CCC(=O)Nc1cccc(NC(C)CN)c1C. The van der Waals surface area contributed by atoms with Crippen LogP contribution in [-0.2, 0) is 4.79 Å². The van der Waals surface area contributed by atoms with Crippen molar-refractivity contribution in [3.8, 4) is 0 Å². The van der Waals surface area contributed by atoms with Crippen LogP contribution in [0.3, 0.4) is 0 Å². The largest absolute Gasteiger partial charge is 0.381 e. The third kappa shape index (κ3) is 3.75. The minimum Gasteiger partial charge on any atom is -0.381 e. The maximum absolute atomic E-state index is 11.4. The summed E-state index contributed by atoms with van der Waals surface area (Å²) in [6, 6.07) is 6.03. The van der Waals surface area contributed by atoms with Crippen LogP contribution >= 0.6 is 0 Å². The Kier molecular flexibility index (Phi) is 4.97. The molecule has 17 heavy (non-hydrogen) atoms. The van der Waals surface area contributed by atoms with Gasteiger partial charge in [-0.2, -0.15) is 0 Å². The summed E-state index contributed by atoms with van der Waals surface area (Å²) in [5, 5.41) is 6.20. The molecule has 4 nitrogen and oxygen atoms in total. The quantitative estimate of drug-likeness (QED) is 0.732. The Balaban J connectivity index is 2.87. The molecule has 0 saturated heterocycles. The third-order valence-electron chi connectivity index (χ3n) is 2.68. The second-order valence-electron chi connectivity index (χ2n) is 4.16. The highest BCUT2D eigenvalue weighted by atomic mass is 16.1. The van der Waals surface area contributed by atoms with Gasteiger partial charge in [-0.1, -0.05) is 13.0 Å². The van der Waals surface area contributed by atoms with Gasteiger partial charge in [0.1, 0.15) is 0 Å². The van der Waals surface area contributed by atoms with Crippen molar-refractivity contribution in [2.75, 3.05) is 17.2 Å². The first-order valence-electron chi connectivity index (χ1n) is 5.94. The highest BCUT2D eigenvalue weighted by molar-refractivity contribution is 5.92. The van der Waals surface area contributed by atoms with Crippen molar-refractivity contribution in [2.24, 2.45) is 5.73 Å². The van der Waals surface area contributed by atoms with Crippen LogP contribution in [0, 0.1) is 6.92 Å². The van der Waals surface area contributed by atoms with Gasteiger partial charge in [0.2, 0.25) is 5.91 Å². The number of nitrogens with one attached hydrogen (secondary N) is 2. The van der Waals surface area contributed by atoms with Crippen molar-refractivity contribution in [3.05, 3.63) is 23.8 Å². The number of hydrogen-bond donors (Lipinski definition) is 3. The molecule has 1 aromatic rings. The van der Waals surface area contributed by atoms with E-state index in [1.165, 1.54) is 0 Å². The summed E-state index contributed by atoms with van der Waals surface area (Å²) < 4.78 is 0. The summed E-state index contributed by atoms with van der Waals surface area (Å²) >= 11 is 0. The summed E-state index contributed by atoms with van der Waals surface area (Å²) in [7, 11) is 0. The molecule has 0 aliphatic carbocycles. The molecule has 0 radical (unpaired) electrons. The van der Waals surface area contributed by atoms with Crippen molar-refractivity contribution in [1.29, 1.82) is 0 Å². The Morgan fingerprint density at radius 1 is 1.41 bits per heavy atom. The highest BCUT2D eigenvalue weighted by Crippen LogP contribution is 2.23. The number of benzene rings is 1. The fourth-order valence-electron chi connectivity index (χ4n) is 1.49. The van der Waals surface area contributed by atoms with Crippen LogP contribution in [0.25, 0.3) is 0 Å². The fraction of sp³-hybridized carbons (Fsp3) is 0.462. The molecule has 0 fully saturated rings. The van der Waals surface area contributed by atoms with E-state index < -0.39 is 0 Å². The Morgan fingerprint density at radius 3 is 2.65 bits per heavy atom. The molecule has 0 heterocycles. The Hall–Kier alpha value is -1.55. The van der Waals surface area contributed by atoms with Crippen LogP contribution in [0.1, 0.15) is 25.8 Å². The number of amides is 1. The summed E-state index contributed by atoms with van der Waals surface area (Å²) in [6.07, 6.45) is 0.482. The minimum absolute atomic E-state index is 0.0251. The van der Waals surface area contributed by atoms with Crippen molar-refractivity contribution < 1.29 is 4.79 Å². The van der Waals surface area contributed by atoms with Gasteiger partial charge in [-0.25, -0.2) is 0 Å². The van der Waals surface area contributed by atoms with E-state index in [1.807, 2.05) is 39.0 Å². The molecule has 0 aromatic heterocycles. The Labute approximate surface area is 103 Å². The lowest BCUT2D eigenvalue weighted by Crippen LogP contribution is -2.25. The average Bonchev–Trinajstić information content (AvgIpc) is 2.33. The monoisotopic (exact) mass is 235 g/mol. The van der Waals surface area contributed by atoms with Gasteiger partial charge in [0, 0.05) is 30.4 Å². The molecule has 0 saturated carbocycles. The number of rotatable bonds is 5. The third-order valence-corrected chi connectivity index (χ3v) is 2.68. The van der Waals surface area contributed by atoms with Crippen LogP contribution in [0.5, 0.6) is 0 Å². The average molecular weight is 235 g/mol. The maximum atomic E-state index is 11.4. The van der Waals surface area contributed by atoms with E-state index in [0.717, 1.165) is 16.9 Å². The van der Waals surface area contributed by atoms with Gasteiger partial charge in [0.05, 0.1) is 0 Å². The first kappa shape index (κ1) is 13.5. The van der Waals surface area contributed by atoms with Crippen LogP contribution in [0.15, 0.2) is 18.2 Å². The van der Waals surface area contributed by atoms with Gasteiger partial charge in [0.15, 0.2) is 0 Å². The van der Waals surface area contributed by atoms with Crippen molar-refractivity contribution in [2.45, 2.75) is 33.2 Å². The Morgan fingerprint density at radius 2 is 2.06 bits per heavy atom. The molecule has 1 amide bonds. The van der Waals surface area contributed by atoms with E-state index in [4.69, 9.17) is 5.73 Å². The smallest absolute Gasteiger partial charge is 0.224 e. The summed E-state index contributed by atoms with van der Waals surface area (Å²) in [5.41, 5.74) is 8.48. The number of hydrogen-bond acceptors (Lipinski definition) is 3. The number of carbonyl (C=O) groups excluding carboxylic acids is 1. The van der Waals surface area contributed by atoms with Gasteiger partial charge in [0.25, 0.3) is 0 Å². The van der Waals surface area contributed by atoms with Crippen molar-refractivity contribution >= 4 is 17.3 Å². The minimum atomic E-state index is 0.0251. The molecule has 0 spiro atoms. The zero-order valence-corrected chi connectivity index (χ0v) is 10.7. The first-order valence-corrected chi connectivity index (χ1v) is 5.94. The molecule has 0 aliphatic rings. The van der Waals surface area contributed by atoms with Crippen molar-refractivity contribution in [1.82, 2.24) is 0 Å². The summed E-state index contributed by atoms with van der Waals surface area (Å²) in [5.74, 6) is 0.0251. The number of anilines is 2. The topological polar surface area (TPSA) is 67.2 Å². The maximum Gasteiger partial charge on any atom is 0.224 e. The van der Waals surface area contributed by atoms with Crippen LogP contribution in [-0.4, -0.2) is 18.5 Å². The lowest BCUT2D eigenvalue weighted by molar-refractivity contribution is -0.115. The van der Waals surface area contributed by atoms with E-state index >= 15 is 0 Å². The predicted octanol–water partition coefficient (Wildman–Crippen LogP) is 2.10. The molecule has 0 bridgehead atoms.